The molecule has 0 radical (unpaired) electrons. The van der Waals surface area contributed by atoms with E-state index in [-0.39, 0.29) is 24.0 Å². The van der Waals surface area contributed by atoms with Crippen LogP contribution in [0.1, 0.15) is 21.0 Å². The normalized spacial score (nSPS) is 10.9. The molecule has 2 aromatic rings. The van der Waals surface area contributed by atoms with Crippen LogP contribution in [0.25, 0.3) is 0 Å². The number of nitrogens with one attached hydrogen (secondary N) is 1. The molecule has 26 heavy (non-hydrogen) atoms. The first kappa shape index (κ1) is 22.5. The number of aliphatic imine (C=N–C) groups is 1. The van der Waals surface area contributed by atoms with Crippen molar-refractivity contribution < 1.29 is 9.47 Å². The van der Waals surface area contributed by atoms with E-state index in [1.165, 1.54) is 4.88 Å². The summed E-state index contributed by atoms with van der Waals surface area (Å²) < 4.78 is 10.8. The molecule has 0 aliphatic rings. The first-order valence-electron chi connectivity index (χ1n) is 8.03. The Hall–Kier alpha value is -1.55. The van der Waals surface area contributed by atoms with E-state index < -0.39 is 0 Å². The maximum absolute atomic E-state index is 5.41. The maximum atomic E-state index is 5.41. The molecule has 2 rings (SSSR count). The summed E-state index contributed by atoms with van der Waals surface area (Å²) in [6.07, 6.45) is 1.89. The van der Waals surface area contributed by atoms with Crippen LogP contribution in [0.4, 0.5) is 0 Å². The molecule has 0 saturated heterocycles. The van der Waals surface area contributed by atoms with Gasteiger partial charge in [0.2, 0.25) is 0 Å². The lowest BCUT2D eigenvalue weighted by Crippen LogP contribution is -2.38. The summed E-state index contributed by atoms with van der Waals surface area (Å²) in [5, 5.41) is 4.41. The number of rotatable bonds is 6. The smallest absolute Gasteiger partial charge is 0.194 e. The highest BCUT2D eigenvalue weighted by atomic mass is 127. The van der Waals surface area contributed by atoms with Crippen molar-refractivity contribution in [1.29, 1.82) is 0 Å². The summed E-state index contributed by atoms with van der Waals surface area (Å²) in [7, 11) is 7.10. The van der Waals surface area contributed by atoms with Crippen molar-refractivity contribution in [3.63, 3.8) is 0 Å². The summed E-state index contributed by atoms with van der Waals surface area (Å²) in [6.45, 7) is 5.50. The molecule has 0 saturated carbocycles. The van der Waals surface area contributed by atoms with Crippen LogP contribution >= 0.6 is 35.3 Å². The van der Waals surface area contributed by atoms with Crippen LogP contribution in [0.2, 0.25) is 0 Å². The average molecular weight is 490 g/mol. The van der Waals surface area contributed by atoms with Crippen molar-refractivity contribution in [2.24, 2.45) is 4.99 Å². The molecule has 1 aromatic carbocycles. The Morgan fingerprint density at radius 1 is 1.23 bits per heavy atom. The van der Waals surface area contributed by atoms with Gasteiger partial charge in [-0.1, -0.05) is 0 Å². The Morgan fingerprint density at radius 2 is 1.88 bits per heavy atom. The van der Waals surface area contributed by atoms with Gasteiger partial charge in [-0.2, -0.15) is 0 Å². The Bertz CT molecular complexity index is 749. The fourth-order valence-corrected chi connectivity index (χ4v) is 3.27. The molecule has 1 aromatic heterocycles. The largest absolute Gasteiger partial charge is 0.493 e. The molecule has 0 amide bonds. The van der Waals surface area contributed by atoms with E-state index in [9.17, 15) is 0 Å². The minimum atomic E-state index is 0. The van der Waals surface area contributed by atoms with Crippen molar-refractivity contribution in [1.82, 2.24) is 15.2 Å². The maximum Gasteiger partial charge on any atom is 0.194 e. The summed E-state index contributed by atoms with van der Waals surface area (Å²) in [4.78, 5) is 12.0. The molecular weight excluding hydrogens is 463 g/mol. The third kappa shape index (κ3) is 5.73. The van der Waals surface area contributed by atoms with Crippen molar-refractivity contribution in [2.45, 2.75) is 26.9 Å². The van der Waals surface area contributed by atoms with E-state index in [2.05, 4.69) is 34.0 Å². The zero-order valence-corrected chi connectivity index (χ0v) is 19.3. The molecular formula is C18H27IN4O2S. The van der Waals surface area contributed by atoms with Gasteiger partial charge in [0.15, 0.2) is 17.5 Å². The molecule has 6 nitrogen and oxygen atoms in total. The number of hydrogen-bond donors (Lipinski definition) is 1. The zero-order chi connectivity index (χ0) is 18.4. The number of methoxy groups -OCH3 is 2. The third-order valence-corrected chi connectivity index (χ3v) is 4.80. The highest BCUT2D eigenvalue weighted by Gasteiger charge is 2.13. The summed E-state index contributed by atoms with van der Waals surface area (Å²) >= 11 is 1.69. The Morgan fingerprint density at radius 3 is 2.42 bits per heavy atom. The van der Waals surface area contributed by atoms with E-state index in [0.29, 0.717) is 13.1 Å². The van der Waals surface area contributed by atoms with Crippen LogP contribution in [0.5, 0.6) is 11.5 Å². The van der Waals surface area contributed by atoms with Crippen LogP contribution < -0.4 is 14.8 Å². The standard InChI is InChI=1S/C18H26N4O2S.HI/c1-12-7-15(23-5)16(24-6)8-14(12)11-22(4)18(19-3)21-10-17-20-9-13(2)25-17;/h7-9H,10-11H2,1-6H3,(H,19,21);1H. The topological polar surface area (TPSA) is 59.0 Å². The fourth-order valence-electron chi connectivity index (χ4n) is 2.55. The van der Waals surface area contributed by atoms with Crippen LogP contribution in [-0.4, -0.2) is 44.2 Å². The minimum Gasteiger partial charge on any atom is -0.493 e. The second-order valence-corrected chi connectivity index (χ2v) is 7.07. The van der Waals surface area contributed by atoms with Gasteiger partial charge in [-0.3, -0.25) is 4.99 Å². The van der Waals surface area contributed by atoms with Gasteiger partial charge in [0, 0.05) is 31.7 Å². The third-order valence-electron chi connectivity index (χ3n) is 3.89. The van der Waals surface area contributed by atoms with Crippen molar-refractivity contribution in [3.05, 3.63) is 39.3 Å². The SMILES string of the molecule is CN=C(NCc1ncc(C)s1)N(C)Cc1cc(OC)c(OC)cc1C.I. The van der Waals surface area contributed by atoms with E-state index >= 15 is 0 Å². The Kier molecular flexibility index (Phi) is 9.14. The van der Waals surface area contributed by atoms with Gasteiger partial charge in [0.05, 0.1) is 20.8 Å². The van der Waals surface area contributed by atoms with E-state index in [1.54, 1.807) is 32.6 Å². The van der Waals surface area contributed by atoms with Crippen LogP contribution in [-0.2, 0) is 13.1 Å². The van der Waals surface area contributed by atoms with E-state index in [4.69, 9.17) is 9.47 Å². The molecule has 0 fully saturated rings. The van der Waals surface area contributed by atoms with Gasteiger partial charge in [-0.15, -0.1) is 35.3 Å². The molecule has 1 N–H and O–H groups in total. The lowest BCUT2D eigenvalue weighted by molar-refractivity contribution is 0.353. The van der Waals surface area contributed by atoms with Crippen molar-refractivity contribution in [3.8, 4) is 11.5 Å². The quantitative estimate of drug-likeness (QED) is 0.381. The molecule has 8 heteroatoms. The highest BCUT2D eigenvalue weighted by Crippen LogP contribution is 2.30. The average Bonchev–Trinajstić information content (AvgIpc) is 3.02. The molecule has 144 valence electrons. The van der Waals surface area contributed by atoms with Crippen LogP contribution in [0, 0.1) is 13.8 Å². The summed E-state index contributed by atoms with van der Waals surface area (Å²) in [5.74, 6) is 2.30. The Labute approximate surface area is 176 Å². The molecule has 1 heterocycles. The number of aromatic nitrogens is 1. The Balaban J connectivity index is 0.00000338. The fraction of sp³-hybridized carbons (Fsp3) is 0.444. The number of halogens is 1. The zero-order valence-electron chi connectivity index (χ0n) is 16.1. The summed E-state index contributed by atoms with van der Waals surface area (Å²) in [6, 6.07) is 4.01. The van der Waals surface area contributed by atoms with Gasteiger partial charge < -0.3 is 19.7 Å². The molecule has 0 aliphatic heterocycles. The number of nitrogens with zero attached hydrogens (tertiary/aromatic N) is 3. The number of thiazole rings is 1. The number of benzene rings is 1. The van der Waals surface area contributed by atoms with E-state index in [0.717, 1.165) is 33.6 Å². The van der Waals surface area contributed by atoms with Crippen molar-refractivity contribution >= 4 is 41.3 Å². The molecule has 0 unspecified atom stereocenters. The lowest BCUT2D eigenvalue weighted by Gasteiger charge is -2.23. The molecule has 0 spiro atoms. The number of guanidine groups is 1. The van der Waals surface area contributed by atoms with Gasteiger partial charge in [-0.25, -0.2) is 4.98 Å². The lowest BCUT2D eigenvalue weighted by atomic mass is 10.1. The first-order valence-corrected chi connectivity index (χ1v) is 8.84. The first-order chi connectivity index (χ1) is 12.0. The second-order valence-electron chi connectivity index (χ2n) is 5.76. The number of ether oxygens (including phenoxy) is 2. The second kappa shape index (κ2) is 10.6. The van der Waals surface area contributed by atoms with Crippen LogP contribution in [0.3, 0.4) is 0 Å². The van der Waals surface area contributed by atoms with Crippen molar-refractivity contribution in [2.75, 3.05) is 28.3 Å². The van der Waals surface area contributed by atoms with Gasteiger partial charge in [0.25, 0.3) is 0 Å². The number of hydrogen-bond acceptors (Lipinski definition) is 5. The molecule has 0 bridgehead atoms. The predicted octanol–water partition coefficient (Wildman–Crippen LogP) is 3.60. The summed E-state index contributed by atoms with van der Waals surface area (Å²) in [5.41, 5.74) is 2.31. The molecule has 0 atom stereocenters. The predicted molar refractivity (Wildman–Crippen MR) is 118 cm³/mol. The van der Waals surface area contributed by atoms with Gasteiger partial charge >= 0.3 is 0 Å². The van der Waals surface area contributed by atoms with Gasteiger partial charge in [-0.05, 0) is 37.1 Å². The number of aryl methyl sites for hydroxylation is 2. The highest BCUT2D eigenvalue weighted by molar-refractivity contribution is 14.0. The van der Waals surface area contributed by atoms with Gasteiger partial charge in [0.1, 0.15) is 5.01 Å². The van der Waals surface area contributed by atoms with E-state index in [1.807, 2.05) is 25.4 Å². The van der Waals surface area contributed by atoms with Crippen LogP contribution in [0.15, 0.2) is 23.3 Å². The molecule has 0 aliphatic carbocycles. The monoisotopic (exact) mass is 490 g/mol. The minimum absolute atomic E-state index is 0.